The summed E-state index contributed by atoms with van der Waals surface area (Å²) in [5.41, 5.74) is 5.20. The van der Waals surface area contributed by atoms with Gasteiger partial charge in [0.1, 0.15) is 17.8 Å². The molecule has 1 amide bonds. The van der Waals surface area contributed by atoms with E-state index in [1.807, 2.05) is 44.2 Å². The molecule has 6 nitrogen and oxygen atoms in total. The van der Waals surface area contributed by atoms with Crippen molar-refractivity contribution in [3.8, 4) is 0 Å². The molecule has 0 N–H and O–H groups in total. The molecule has 1 atom stereocenters. The number of halogens is 1. The summed E-state index contributed by atoms with van der Waals surface area (Å²) in [6.45, 7) is 5.71. The molecule has 3 aromatic rings. The minimum Gasteiger partial charge on any atom is -0.366 e. The van der Waals surface area contributed by atoms with Gasteiger partial charge in [-0.3, -0.25) is 4.79 Å². The summed E-state index contributed by atoms with van der Waals surface area (Å²) >= 11 is 1.22. The molecule has 0 radical (unpaired) electrons. The van der Waals surface area contributed by atoms with Gasteiger partial charge in [-0.15, -0.1) is 0 Å². The largest absolute Gasteiger partial charge is 0.366 e. The summed E-state index contributed by atoms with van der Waals surface area (Å²) in [5.74, 6) is -0.00109. The van der Waals surface area contributed by atoms with E-state index in [9.17, 15) is 14.0 Å². The van der Waals surface area contributed by atoms with Crippen LogP contribution < -0.4 is 4.90 Å². The van der Waals surface area contributed by atoms with Crippen molar-refractivity contribution in [3.63, 3.8) is 0 Å². The Bertz CT molecular complexity index is 1190. The van der Waals surface area contributed by atoms with Gasteiger partial charge in [0.25, 0.3) is 5.91 Å². The van der Waals surface area contributed by atoms with Crippen molar-refractivity contribution in [2.45, 2.75) is 44.9 Å². The van der Waals surface area contributed by atoms with Crippen molar-refractivity contribution in [2.24, 2.45) is 0 Å². The Hall–Kier alpha value is -3.23. The minimum absolute atomic E-state index is 0.0794. The first-order valence-corrected chi connectivity index (χ1v) is 13.0. The molecule has 0 saturated carbocycles. The monoisotopic (exact) mass is 507 g/mol. The minimum atomic E-state index is -0.274. The number of aromatic nitrogens is 1. The fraction of sp³-hybridized carbons (Fsp3) is 0.321. The van der Waals surface area contributed by atoms with Crippen LogP contribution in [-0.2, 0) is 27.8 Å². The molecule has 2 aromatic carbocycles. The summed E-state index contributed by atoms with van der Waals surface area (Å²) in [7, 11) is 0. The lowest BCUT2D eigenvalue weighted by Crippen LogP contribution is -2.38. The standard InChI is InChI=1S/C28H30FN3O3S/c1-3-31(18-21-9-11-23(29)12-10-21)25-17-30-27-24(26(25)20(2)14-16-33)13-15-32(28(27)34)35-36-19-22-7-5-4-6-8-22/h4-12,16-17,20H,3,13-15,18-19H2,1-2H3. The molecule has 188 valence electrons. The molecule has 0 bridgehead atoms. The van der Waals surface area contributed by atoms with Gasteiger partial charge in [0.05, 0.1) is 18.4 Å². The third-order valence-electron chi connectivity index (χ3n) is 6.36. The number of carbonyl (C=O) groups excluding carboxylic acids is 2. The molecule has 1 aromatic heterocycles. The maximum absolute atomic E-state index is 13.4. The van der Waals surface area contributed by atoms with Crippen molar-refractivity contribution in [3.05, 3.63) is 94.6 Å². The van der Waals surface area contributed by atoms with E-state index in [4.69, 9.17) is 4.28 Å². The highest BCUT2D eigenvalue weighted by molar-refractivity contribution is 7.93. The summed E-state index contributed by atoms with van der Waals surface area (Å²) in [5, 5.41) is 1.37. The number of benzene rings is 2. The van der Waals surface area contributed by atoms with E-state index in [0.29, 0.717) is 43.9 Å². The van der Waals surface area contributed by atoms with Crippen LogP contribution in [0.2, 0.25) is 0 Å². The topological polar surface area (TPSA) is 62.7 Å². The van der Waals surface area contributed by atoms with E-state index in [0.717, 1.165) is 34.2 Å². The van der Waals surface area contributed by atoms with Crippen LogP contribution in [0.25, 0.3) is 0 Å². The third kappa shape index (κ3) is 5.94. The molecule has 0 aliphatic carbocycles. The van der Waals surface area contributed by atoms with Crippen LogP contribution >= 0.6 is 12.0 Å². The molecule has 0 fully saturated rings. The van der Waals surface area contributed by atoms with Gasteiger partial charge in [-0.25, -0.2) is 14.4 Å². The predicted molar refractivity (Wildman–Crippen MR) is 140 cm³/mol. The number of fused-ring (bicyclic) bond motifs is 1. The van der Waals surface area contributed by atoms with Crippen molar-refractivity contribution in [1.82, 2.24) is 10.0 Å². The Morgan fingerprint density at radius 3 is 2.61 bits per heavy atom. The Morgan fingerprint density at radius 1 is 1.17 bits per heavy atom. The number of hydrogen-bond acceptors (Lipinski definition) is 6. The number of aldehydes is 1. The lowest BCUT2D eigenvalue weighted by atomic mass is 9.88. The number of anilines is 1. The first-order chi connectivity index (χ1) is 17.5. The smallest absolute Gasteiger partial charge is 0.297 e. The first-order valence-electron chi connectivity index (χ1n) is 12.1. The Balaban J connectivity index is 1.58. The molecule has 0 saturated heterocycles. The Kier molecular flexibility index (Phi) is 8.72. The second-order valence-corrected chi connectivity index (χ2v) is 9.48. The molecule has 8 heteroatoms. The summed E-state index contributed by atoms with van der Waals surface area (Å²) in [6.07, 6.45) is 3.57. The highest BCUT2D eigenvalue weighted by Gasteiger charge is 2.32. The second kappa shape index (κ2) is 12.1. The number of hydrogen-bond donors (Lipinski definition) is 0. The van der Waals surface area contributed by atoms with Gasteiger partial charge in [0.2, 0.25) is 0 Å². The van der Waals surface area contributed by atoms with Crippen LogP contribution in [-0.4, -0.2) is 35.3 Å². The van der Waals surface area contributed by atoms with E-state index < -0.39 is 0 Å². The third-order valence-corrected chi connectivity index (χ3v) is 7.10. The number of hydroxylamine groups is 2. The van der Waals surface area contributed by atoms with Crippen LogP contribution in [0.4, 0.5) is 10.1 Å². The van der Waals surface area contributed by atoms with E-state index in [1.165, 1.54) is 29.2 Å². The van der Waals surface area contributed by atoms with Gasteiger partial charge >= 0.3 is 0 Å². The zero-order chi connectivity index (χ0) is 25.5. The van der Waals surface area contributed by atoms with E-state index in [2.05, 4.69) is 9.88 Å². The molecular weight excluding hydrogens is 477 g/mol. The molecule has 0 spiro atoms. The zero-order valence-electron chi connectivity index (χ0n) is 20.5. The van der Waals surface area contributed by atoms with Gasteiger partial charge in [-0.2, -0.15) is 4.28 Å². The normalized spacial score (nSPS) is 13.9. The molecule has 1 aliphatic rings. The fourth-order valence-corrected chi connectivity index (χ4v) is 5.12. The average Bonchev–Trinajstić information content (AvgIpc) is 2.90. The summed E-state index contributed by atoms with van der Waals surface area (Å²) in [6, 6.07) is 16.4. The van der Waals surface area contributed by atoms with E-state index >= 15 is 0 Å². The van der Waals surface area contributed by atoms with Crippen molar-refractivity contribution in [1.29, 1.82) is 0 Å². The second-order valence-electron chi connectivity index (χ2n) is 8.81. The lowest BCUT2D eigenvalue weighted by Gasteiger charge is -2.33. The molecule has 36 heavy (non-hydrogen) atoms. The van der Waals surface area contributed by atoms with E-state index in [1.54, 1.807) is 18.3 Å². The maximum Gasteiger partial charge on any atom is 0.297 e. The Labute approximate surface area is 215 Å². The van der Waals surface area contributed by atoms with Gasteiger partial charge in [0.15, 0.2) is 0 Å². The Morgan fingerprint density at radius 2 is 1.92 bits per heavy atom. The van der Waals surface area contributed by atoms with Crippen LogP contribution in [0.3, 0.4) is 0 Å². The van der Waals surface area contributed by atoms with Gasteiger partial charge in [-0.1, -0.05) is 49.4 Å². The molecule has 1 unspecified atom stereocenters. The maximum atomic E-state index is 13.4. The van der Waals surface area contributed by atoms with Crippen molar-refractivity contribution in [2.75, 3.05) is 18.0 Å². The highest BCUT2D eigenvalue weighted by atomic mass is 32.2. The number of amides is 1. The summed E-state index contributed by atoms with van der Waals surface area (Å²) in [4.78, 5) is 31.4. The van der Waals surface area contributed by atoms with Crippen LogP contribution in [0.15, 0.2) is 60.8 Å². The van der Waals surface area contributed by atoms with Crippen LogP contribution in [0.1, 0.15) is 58.9 Å². The van der Waals surface area contributed by atoms with Gasteiger partial charge in [0, 0.05) is 37.3 Å². The van der Waals surface area contributed by atoms with Gasteiger partial charge in [-0.05, 0) is 53.6 Å². The zero-order valence-corrected chi connectivity index (χ0v) is 21.3. The van der Waals surface area contributed by atoms with Crippen LogP contribution in [0, 0.1) is 5.82 Å². The van der Waals surface area contributed by atoms with Gasteiger partial charge < -0.3 is 9.69 Å². The number of rotatable bonds is 11. The molecule has 4 rings (SSSR count). The quantitative estimate of drug-likeness (QED) is 0.244. The van der Waals surface area contributed by atoms with Crippen LogP contribution in [0.5, 0.6) is 0 Å². The highest BCUT2D eigenvalue weighted by Crippen LogP contribution is 2.37. The van der Waals surface area contributed by atoms with Crippen molar-refractivity contribution < 1.29 is 18.3 Å². The average molecular weight is 508 g/mol. The molecule has 2 heterocycles. The molecule has 1 aliphatic heterocycles. The number of carbonyl (C=O) groups is 2. The summed E-state index contributed by atoms with van der Waals surface area (Å²) < 4.78 is 19.2. The molecular formula is C28H30FN3O3S. The van der Waals surface area contributed by atoms with Crippen molar-refractivity contribution >= 4 is 29.9 Å². The predicted octanol–water partition coefficient (Wildman–Crippen LogP) is 5.72. The first kappa shape index (κ1) is 25.9. The number of nitrogens with zero attached hydrogens (tertiary/aromatic N) is 3. The number of pyridine rings is 1. The fourth-order valence-electron chi connectivity index (χ4n) is 4.47. The van der Waals surface area contributed by atoms with E-state index in [-0.39, 0.29) is 17.6 Å². The SMILES string of the molecule is CCN(Cc1ccc(F)cc1)c1cnc2c(c1C(C)CC=O)CCN(OSCc1ccccc1)C2=O. The lowest BCUT2D eigenvalue weighted by molar-refractivity contribution is -0.108.